The lowest BCUT2D eigenvalue weighted by molar-refractivity contribution is 0.102. The molecule has 3 heterocycles. The van der Waals surface area contributed by atoms with Gasteiger partial charge in [0.2, 0.25) is 0 Å². The molecular formula is C24H16ClN3O3. The van der Waals surface area contributed by atoms with Crippen molar-refractivity contribution in [3.05, 3.63) is 89.1 Å². The summed E-state index contributed by atoms with van der Waals surface area (Å²) in [6.45, 7) is 1.76. The number of carbonyl (C=O) groups is 1. The van der Waals surface area contributed by atoms with Crippen LogP contribution in [-0.4, -0.2) is 16.0 Å². The zero-order chi connectivity index (χ0) is 21.4. The van der Waals surface area contributed by atoms with Crippen molar-refractivity contribution >= 4 is 34.2 Å². The summed E-state index contributed by atoms with van der Waals surface area (Å²) in [4.78, 5) is 17.7. The number of hydrogen-bond donors (Lipinski definition) is 1. The van der Waals surface area contributed by atoms with Crippen LogP contribution in [0.3, 0.4) is 0 Å². The van der Waals surface area contributed by atoms with Gasteiger partial charge in [-0.2, -0.15) is 0 Å². The minimum atomic E-state index is -0.314. The number of furan rings is 1. The number of halogens is 1. The number of aromatic nitrogens is 2. The van der Waals surface area contributed by atoms with E-state index in [0.29, 0.717) is 44.9 Å². The van der Waals surface area contributed by atoms with Gasteiger partial charge in [0, 0.05) is 17.0 Å². The molecule has 0 fully saturated rings. The average Bonchev–Trinajstić information content (AvgIpc) is 3.42. The van der Waals surface area contributed by atoms with Crippen LogP contribution in [0.5, 0.6) is 0 Å². The normalized spacial score (nSPS) is 11.0. The number of pyridine rings is 1. The number of anilines is 1. The third-order valence-electron chi connectivity index (χ3n) is 4.83. The van der Waals surface area contributed by atoms with Gasteiger partial charge in [0.15, 0.2) is 11.6 Å². The summed E-state index contributed by atoms with van der Waals surface area (Å²) in [7, 11) is 0. The van der Waals surface area contributed by atoms with Crippen LogP contribution in [0, 0.1) is 6.92 Å². The van der Waals surface area contributed by atoms with Crippen molar-refractivity contribution < 1.29 is 13.7 Å². The molecule has 5 rings (SSSR count). The number of carbonyl (C=O) groups excluding carboxylic acids is 1. The molecule has 0 aliphatic carbocycles. The minimum Gasteiger partial charge on any atom is -0.454 e. The maximum Gasteiger partial charge on any atom is 0.257 e. The molecule has 0 saturated carbocycles. The third kappa shape index (κ3) is 3.69. The summed E-state index contributed by atoms with van der Waals surface area (Å²) in [6.07, 6.45) is 0. The fourth-order valence-electron chi connectivity index (χ4n) is 3.38. The van der Waals surface area contributed by atoms with Gasteiger partial charge in [-0.05, 0) is 43.3 Å². The first-order chi connectivity index (χ1) is 15.1. The van der Waals surface area contributed by atoms with Gasteiger partial charge in [0.05, 0.1) is 16.1 Å². The summed E-state index contributed by atoms with van der Waals surface area (Å²) in [5.74, 6) is 1.81. The fraction of sp³-hybridized carbons (Fsp3) is 0.0417. The Labute approximate surface area is 182 Å². The Balaban J connectivity index is 1.57. The van der Waals surface area contributed by atoms with Crippen LogP contribution in [0.15, 0.2) is 81.7 Å². The topological polar surface area (TPSA) is 81.2 Å². The predicted molar refractivity (Wildman–Crippen MR) is 119 cm³/mol. The highest BCUT2D eigenvalue weighted by atomic mass is 35.5. The van der Waals surface area contributed by atoms with Crippen molar-refractivity contribution in [2.75, 3.05) is 5.32 Å². The second-order valence-corrected chi connectivity index (χ2v) is 7.40. The van der Waals surface area contributed by atoms with Crippen LogP contribution in [0.4, 0.5) is 5.82 Å². The molecule has 6 nitrogen and oxygen atoms in total. The molecule has 0 aliphatic rings. The number of amides is 1. The van der Waals surface area contributed by atoms with Crippen LogP contribution in [0.25, 0.3) is 33.7 Å². The van der Waals surface area contributed by atoms with Crippen LogP contribution in [0.1, 0.15) is 16.1 Å². The monoisotopic (exact) mass is 429 g/mol. The summed E-state index contributed by atoms with van der Waals surface area (Å²) in [5, 5.41) is 7.92. The molecule has 7 heteroatoms. The number of nitrogens with one attached hydrogen (secondary N) is 1. The zero-order valence-corrected chi connectivity index (χ0v) is 17.2. The molecule has 0 bridgehead atoms. The number of fused-ring (bicyclic) bond motifs is 1. The van der Waals surface area contributed by atoms with Crippen molar-refractivity contribution in [1.82, 2.24) is 10.1 Å². The van der Waals surface area contributed by atoms with Crippen molar-refractivity contribution in [3.63, 3.8) is 0 Å². The van der Waals surface area contributed by atoms with Crippen LogP contribution in [-0.2, 0) is 0 Å². The van der Waals surface area contributed by atoms with E-state index in [1.165, 1.54) is 0 Å². The van der Waals surface area contributed by atoms with Crippen molar-refractivity contribution in [2.24, 2.45) is 0 Å². The van der Waals surface area contributed by atoms with Crippen molar-refractivity contribution in [2.45, 2.75) is 6.92 Å². The van der Waals surface area contributed by atoms with Crippen LogP contribution in [0.2, 0.25) is 5.02 Å². The maximum atomic E-state index is 13.0. The lowest BCUT2D eigenvalue weighted by Gasteiger charge is -2.08. The summed E-state index contributed by atoms with van der Waals surface area (Å²) in [6, 6.07) is 21.9. The van der Waals surface area contributed by atoms with Crippen LogP contribution >= 0.6 is 11.6 Å². The largest absolute Gasteiger partial charge is 0.454 e. The quantitative estimate of drug-likeness (QED) is 0.359. The summed E-state index contributed by atoms with van der Waals surface area (Å²) in [5.41, 5.74) is 2.46. The number of benzene rings is 2. The molecule has 3 aromatic heterocycles. The smallest absolute Gasteiger partial charge is 0.257 e. The van der Waals surface area contributed by atoms with Gasteiger partial charge in [0.1, 0.15) is 17.2 Å². The number of rotatable bonds is 4. The lowest BCUT2D eigenvalue weighted by Crippen LogP contribution is -2.13. The fourth-order valence-corrected chi connectivity index (χ4v) is 3.61. The molecule has 0 spiro atoms. The lowest BCUT2D eigenvalue weighted by atomic mass is 10.1. The molecular weight excluding hydrogens is 414 g/mol. The molecule has 0 unspecified atom stereocenters. The Morgan fingerprint density at radius 1 is 0.968 bits per heavy atom. The van der Waals surface area contributed by atoms with Crippen molar-refractivity contribution in [3.8, 4) is 22.8 Å². The highest BCUT2D eigenvalue weighted by molar-refractivity contribution is 6.33. The first kappa shape index (κ1) is 19.1. The summed E-state index contributed by atoms with van der Waals surface area (Å²) >= 11 is 6.30. The first-order valence-electron chi connectivity index (χ1n) is 9.58. The second-order valence-electron chi connectivity index (χ2n) is 6.99. The van der Waals surface area contributed by atoms with E-state index < -0.39 is 0 Å². The minimum absolute atomic E-state index is 0.314. The van der Waals surface area contributed by atoms with Gasteiger partial charge in [-0.15, -0.1) is 0 Å². The zero-order valence-electron chi connectivity index (χ0n) is 16.4. The van der Waals surface area contributed by atoms with E-state index >= 15 is 0 Å². The van der Waals surface area contributed by atoms with Gasteiger partial charge in [-0.1, -0.05) is 47.1 Å². The van der Waals surface area contributed by atoms with E-state index in [-0.39, 0.29) is 5.91 Å². The molecule has 0 aliphatic heterocycles. The third-order valence-corrected chi connectivity index (χ3v) is 5.16. The molecule has 2 aromatic carbocycles. The number of hydrogen-bond acceptors (Lipinski definition) is 5. The predicted octanol–water partition coefficient (Wildman–Crippen LogP) is 6.36. The Hall–Kier alpha value is -3.90. The highest BCUT2D eigenvalue weighted by Crippen LogP contribution is 2.33. The van der Waals surface area contributed by atoms with E-state index in [4.69, 9.17) is 20.5 Å². The van der Waals surface area contributed by atoms with Crippen molar-refractivity contribution in [1.29, 1.82) is 0 Å². The molecule has 1 amide bonds. The van der Waals surface area contributed by atoms with E-state index in [9.17, 15) is 4.79 Å². The van der Waals surface area contributed by atoms with Gasteiger partial charge >= 0.3 is 0 Å². The SMILES string of the molecule is Cc1cc(NC(=O)c2cc(-c3ccc(-c4ccccc4Cl)o3)nc3ccccc23)no1. The van der Waals surface area contributed by atoms with Gasteiger partial charge in [-0.3, -0.25) is 4.79 Å². The number of aryl methyl sites for hydroxylation is 1. The Bertz CT molecular complexity index is 1420. The first-order valence-corrected chi connectivity index (χ1v) is 9.96. The van der Waals surface area contributed by atoms with E-state index in [1.807, 2.05) is 54.6 Å². The molecule has 0 atom stereocenters. The van der Waals surface area contributed by atoms with E-state index in [0.717, 1.165) is 10.9 Å². The molecule has 5 aromatic rings. The number of nitrogens with zero attached hydrogens (tertiary/aromatic N) is 2. The maximum absolute atomic E-state index is 13.0. The average molecular weight is 430 g/mol. The Kier molecular flexibility index (Phi) is 4.76. The summed E-state index contributed by atoms with van der Waals surface area (Å²) < 4.78 is 11.1. The Morgan fingerprint density at radius 3 is 2.55 bits per heavy atom. The molecule has 0 saturated heterocycles. The van der Waals surface area contributed by atoms with Crippen LogP contribution < -0.4 is 5.32 Å². The van der Waals surface area contributed by atoms with Gasteiger partial charge in [0.25, 0.3) is 5.91 Å². The number of para-hydroxylation sites is 1. The highest BCUT2D eigenvalue weighted by Gasteiger charge is 2.17. The molecule has 31 heavy (non-hydrogen) atoms. The van der Waals surface area contributed by atoms with E-state index in [2.05, 4.69) is 15.5 Å². The molecule has 152 valence electrons. The van der Waals surface area contributed by atoms with Gasteiger partial charge < -0.3 is 14.3 Å². The molecule has 0 radical (unpaired) electrons. The standard InChI is InChI=1S/C24H16ClN3O3/c1-14-12-23(28-31-14)27-24(29)17-13-20(26-19-9-5-3-6-15(17)19)22-11-10-21(30-22)16-7-2-4-8-18(16)25/h2-13H,1H3,(H,27,28,29). The molecule has 1 N–H and O–H groups in total. The van der Waals surface area contributed by atoms with Gasteiger partial charge in [-0.25, -0.2) is 4.98 Å². The van der Waals surface area contributed by atoms with E-state index in [1.54, 1.807) is 25.1 Å². The second kappa shape index (κ2) is 7.74. The Morgan fingerprint density at radius 2 is 1.74 bits per heavy atom.